The van der Waals surface area contributed by atoms with Gasteiger partial charge in [-0.15, -0.1) is 24.8 Å². The normalized spacial score (nSPS) is 9.50. The van der Waals surface area contributed by atoms with Gasteiger partial charge in [0.05, 0.1) is 11.4 Å². The molecule has 1 rings (SSSR count). The van der Waals surface area contributed by atoms with E-state index in [4.69, 9.17) is 5.73 Å². The molecule has 3 nitrogen and oxygen atoms in total. The van der Waals surface area contributed by atoms with Crippen molar-refractivity contribution in [3.8, 4) is 0 Å². The highest BCUT2D eigenvalue weighted by molar-refractivity contribution is 5.85. The van der Waals surface area contributed by atoms with Gasteiger partial charge in [0, 0.05) is 6.20 Å². The predicted octanol–water partition coefficient (Wildman–Crippen LogP) is 2.31. The number of nitrogens with two attached hydrogens (primary N) is 1. The fraction of sp³-hybridized carbons (Fsp3) is 0.545. The van der Waals surface area contributed by atoms with Crippen molar-refractivity contribution in [1.29, 1.82) is 0 Å². The molecule has 0 unspecified atom stereocenters. The van der Waals surface area contributed by atoms with Crippen LogP contribution in [0.1, 0.15) is 17.7 Å². The van der Waals surface area contributed by atoms with Crippen LogP contribution in [0, 0.1) is 6.92 Å². The average Bonchev–Trinajstić information content (AvgIpc) is 2.10. The molecule has 16 heavy (non-hydrogen) atoms. The van der Waals surface area contributed by atoms with Crippen LogP contribution in [0.5, 0.6) is 0 Å². The summed E-state index contributed by atoms with van der Waals surface area (Å²) in [7, 11) is 4.17. The summed E-state index contributed by atoms with van der Waals surface area (Å²) in [5.41, 5.74) is 8.73. The number of nitrogens with zero attached hydrogens (tertiary/aromatic N) is 2. The van der Waals surface area contributed by atoms with Gasteiger partial charge in [-0.2, -0.15) is 0 Å². The van der Waals surface area contributed by atoms with Crippen molar-refractivity contribution in [3.05, 3.63) is 23.5 Å². The monoisotopic (exact) mass is 265 g/mol. The number of halogens is 2. The maximum absolute atomic E-state index is 5.78. The van der Waals surface area contributed by atoms with Crippen LogP contribution in [0.3, 0.4) is 0 Å². The summed E-state index contributed by atoms with van der Waals surface area (Å²) in [5, 5.41) is 0. The predicted molar refractivity (Wildman–Crippen MR) is 74.8 cm³/mol. The van der Waals surface area contributed by atoms with E-state index in [-0.39, 0.29) is 24.8 Å². The van der Waals surface area contributed by atoms with E-state index in [1.54, 1.807) is 0 Å². The summed E-state index contributed by atoms with van der Waals surface area (Å²) in [5.74, 6) is 0. The highest BCUT2D eigenvalue weighted by Gasteiger charge is 1.98. The first-order valence-corrected chi connectivity index (χ1v) is 4.95. The second-order valence-electron chi connectivity index (χ2n) is 3.93. The Hall–Kier alpha value is -0.510. The topological polar surface area (TPSA) is 42.2 Å². The zero-order valence-electron chi connectivity index (χ0n) is 10.1. The highest BCUT2D eigenvalue weighted by Crippen LogP contribution is 2.11. The number of pyridine rings is 1. The van der Waals surface area contributed by atoms with E-state index in [1.165, 1.54) is 5.56 Å². The molecule has 0 amide bonds. The molecule has 5 heteroatoms. The quantitative estimate of drug-likeness (QED) is 0.909. The molecule has 0 saturated carbocycles. The lowest BCUT2D eigenvalue weighted by Crippen LogP contribution is -2.13. The van der Waals surface area contributed by atoms with Crippen LogP contribution in [0.4, 0.5) is 5.69 Å². The van der Waals surface area contributed by atoms with E-state index in [1.807, 2.05) is 19.2 Å². The van der Waals surface area contributed by atoms with Crippen LogP contribution >= 0.6 is 24.8 Å². The van der Waals surface area contributed by atoms with Gasteiger partial charge in [-0.25, -0.2) is 0 Å². The molecule has 0 radical (unpaired) electrons. The van der Waals surface area contributed by atoms with Crippen molar-refractivity contribution in [2.24, 2.45) is 0 Å². The molecule has 0 saturated heterocycles. The maximum Gasteiger partial charge on any atom is 0.0601 e. The van der Waals surface area contributed by atoms with E-state index >= 15 is 0 Å². The molecule has 1 aromatic rings. The largest absolute Gasteiger partial charge is 0.397 e. The summed E-state index contributed by atoms with van der Waals surface area (Å²) in [6.45, 7) is 3.03. The summed E-state index contributed by atoms with van der Waals surface area (Å²) < 4.78 is 0. The third-order valence-electron chi connectivity index (χ3n) is 2.25. The number of nitrogen functional groups attached to an aromatic ring is 1. The lowest BCUT2D eigenvalue weighted by Gasteiger charge is -2.09. The summed E-state index contributed by atoms with van der Waals surface area (Å²) >= 11 is 0. The summed E-state index contributed by atoms with van der Waals surface area (Å²) in [6, 6.07) is 2.03. The molecule has 0 atom stereocenters. The fourth-order valence-corrected chi connectivity index (χ4v) is 1.33. The van der Waals surface area contributed by atoms with Gasteiger partial charge in [0.2, 0.25) is 0 Å². The Morgan fingerprint density at radius 3 is 2.44 bits per heavy atom. The van der Waals surface area contributed by atoms with Crippen molar-refractivity contribution >= 4 is 30.5 Å². The summed E-state index contributed by atoms with van der Waals surface area (Å²) in [6.07, 6.45) is 4.12. The van der Waals surface area contributed by atoms with Gasteiger partial charge in [0.1, 0.15) is 0 Å². The number of aryl methyl sites for hydroxylation is 2. The van der Waals surface area contributed by atoms with Gasteiger partial charge in [0.25, 0.3) is 0 Å². The van der Waals surface area contributed by atoms with Gasteiger partial charge in [0.15, 0.2) is 0 Å². The Bertz CT molecular complexity index is 303. The minimum atomic E-state index is 0. The van der Waals surface area contributed by atoms with Gasteiger partial charge in [-0.05, 0) is 52.0 Å². The zero-order valence-corrected chi connectivity index (χ0v) is 11.7. The van der Waals surface area contributed by atoms with E-state index in [0.717, 1.165) is 30.8 Å². The van der Waals surface area contributed by atoms with Gasteiger partial charge < -0.3 is 10.6 Å². The van der Waals surface area contributed by atoms with Crippen molar-refractivity contribution in [2.45, 2.75) is 19.8 Å². The Kier molecular flexibility index (Phi) is 9.63. The molecule has 0 aliphatic rings. The van der Waals surface area contributed by atoms with E-state index in [2.05, 4.69) is 24.0 Å². The van der Waals surface area contributed by atoms with Crippen LogP contribution < -0.4 is 5.73 Å². The minimum absolute atomic E-state index is 0. The molecule has 2 N–H and O–H groups in total. The van der Waals surface area contributed by atoms with E-state index in [9.17, 15) is 0 Å². The van der Waals surface area contributed by atoms with Crippen molar-refractivity contribution in [2.75, 3.05) is 26.4 Å². The minimum Gasteiger partial charge on any atom is -0.397 e. The average molecular weight is 266 g/mol. The molecule has 0 spiro atoms. The second kappa shape index (κ2) is 8.62. The van der Waals surface area contributed by atoms with Crippen LogP contribution in [-0.4, -0.2) is 30.5 Å². The van der Waals surface area contributed by atoms with E-state index in [0.29, 0.717) is 0 Å². The molecular formula is C11H21Cl2N3. The Morgan fingerprint density at radius 1 is 1.31 bits per heavy atom. The molecule has 94 valence electrons. The van der Waals surface area contributed by atoms with Crippen molar-refractivity contribution in [1.82, 2.24) is 9.88 Å². The van der Waals surface area contributed by atoms with Crippen LogP contribution in [0.15, 0.2) is 12.3 Å². The van der Waals surface area contributed by atoms with Gasteiger partial charge in [-0.1, -0.05) is 0 Å². The number of anilines is 1. The SMILES string of the molecule is Cc1ncc(CCCN(C)C)cc1N.Cl.Cl. The smallest absolute Gasteiger partial charge is 0.0601 e. The summed E-state index contributed by atoms with van der Waals surface area (Å²) in [4.78, 5) is 6.42. The standard InChI is InChI=1S/C11H19N3.2ClH/c1-9-11(12)7-10(8-13-9)5-4-6-14(2)3;;/h7-8H,4-6,12H2,1-3H3;2*1H. The molecule has 0 aliphatic carbocycles. The molecular weight excluding hydrogens is 245 g/mol. The Balaban J connectivity index is 0. The number of hydrogen-bond acceptors (Lipinski definition) is 3. The van der Waals surface area contributed by atoms with Crippen LogP contribution in [0.25, 0.3) is 0 Å². The third kappa shape index (κ3) is 6.16. The lowest BCUT2D eigenvalue weighted by atomic mass is 10.1. The molecule has 0 aromatic carbocycles. The van der Waals surface area contributed by atoms with Crippen molar-refractivity contribution in [3.63, 3.8) is 0 Å². The third-order valence-corrected chi connectivity index (χ3v) is 2.25. The maximum atomic E-state index is 5.78. The lowest BCUT2D eigenvalue weighted by molar-refractivity contribution is 0.400. The molecule has 1 aromatic heterocycles. The van der Waals surface area contributed by atoms with Crippen molar-refractivity contribution < 1.29 is 0 Å². The fourth-order valence-electron chi connectivity index (χ4n) is 1.33. The van der Waals surface area contributed by atoms with Crippen LogP contribution in [0.2, 0.25) is 0 Å². The molecule has 0 fully saturated rings. The second-order valence-corrected chi connectivity index (χ2v) is 3.93. The first-order valence-electron chi connectivity index (χ1n) is 4.95. The molecule has 0 aliphatic heterocycles. The molecule has 0 bridgehead atoms. The zero-order chi connectivity index (χ0) is 10.6. The molecule has 1 heterocycles. The number of hydrogen-bond donors (Lipinski definition) is 1. The Labute approximate surface area is 110 Å². The number of rotatable bonds is 4. The first-order chi connectivity index (χ1) is 6.59. The number of aromatic nitrogens is 1. The Morgan fingerprint density at radius 2 is 1.94 bits per heavy atom. The van der Waals surface area contributed by atoms with Gasteiger partial charge in [-0.3, -0.25) is 4.98 Å². The first kappa shape index (κ1) is 17.9. The van der Waals surface area contributed by atoms with Crippen LogP contribution in [-0.2, 0) is 6.42 Å². The van der Waals surface area contributed by atoms with Gasteiger partial charge >= 0.3 is 0 Å². The highest BCUT2D eigenvalue weighted by atomic mass is 35.5. The van der Waals surface area contributed by atoms with E-state index < -0.39 is 0 Å².